The molecule has 8 heteroatoms. The van der Waals surface area contributed by atoms with E-state index in [0.29, 0.717) is 22.6 Å². The summed E-state index contributed by atoms with van der Waals surface area (Å²) in [5.74, 6) is 2.10. The predicted octanol–water partition coefficient (Wildman–Crippen LogP) is 2.93. The van der Waals surface area contributed by atoms with Crippen LogP contribution >= 0.6 is 0 Å². The van der Waals surface area contributed by atoms with Crippen LogP contribution in [0, 0.1) is 0 Å². The van der Waals surface area contributed by atoms with Crippen LogP contribution in [0.25, 0.3) is 16.7 Å². The summed E-state index contributed by atoms with van der Waals surface area (Å²) >= 11 is 0. The second-order valence-electron chi connectivity index (χ2n) is 8.20. The molecule has 8 nitrogen and oxygen atoms in total. The lowest BCUT2D eigenvalue weighted by atomic mass is 9.89. The van der Waals surface area contributed by atoms with Crippen molar-refractivity contribution in [3.8, 4) is 11.6 Å². The van der Waals surface area contributed by atoms with Crippen molar-refractivity contribution in [2.75, 3.05) is 26.7 Å². The molecule has 32 heavy (non-hydrogen) atoms. The average Bonchev–Trinajstić information content (AvgIpc) is 3.32. The Bertz CT molecular complexity index is 1270. The molecule has 0 radical (unpaired) electrons. The molecule has 0 bridgehead atoms. The first kappa shape index (κ1) is 20.4. The summed E-state index contributed by atoms with van der Waals surface area (Å²) in [4.78, 5) is 25.8. The minimum Gasteiger partial charge on any atom is -0.497 e. The summed E-state index contributed by atoms with van der Waals surface area (Å²) < 4.78 is 7.08. The first-order valence-corrected chi connectivity index (χ1v) is 10.9. The molecule has 0 spiro atoms. The van der Waals surface area contributed by atoms with Gasteiger partial charge in [0.15, 0.2) is 5.82 Å². The highest BCUT2D eigenvalue weighted by Gasteiger charge is 2.21. The third kappa shape index (κ3) is 4.13. The summed E-state index contributed by atoms with van der Waals surface area (Å²) in [6.45, 7) is 3.18. The van der Waals surface area contributed by atoms with Crippen molar-refractivity contribution in [1.82, 2.24) is 29.6 Å². The zero-order chi connectivity index (χ0) is 21.9. The van der Waals surface area contributed by atoms with E-state index in [1.807, 2.05) is 18.5 Å². The number of likely N-dealkylation sites (tertiary alicyclic amines) is 1. The minimum atomic E-state index is -0.177. The van der Waals surface area contributed by atoms with E-state index in [9.17, 15) is 4.79 Å². The van der Waals surface area contributed by atoms with Crippen molar-refractivity contribution in [2.45, 2.75) is 25.2 Å². The molecule has 0 amide bonds. The van der Waals surface area contributed by atoms with Crippen LogP contribution < -0.4 is 10.3 Å². The van der Waals surface area contributed by atoms with Crippen molar-refractivity contribution >= 4 is 10.9 Å². The van der Waals surface area contributed by atoms with Gasteiger partial charge in [0, 0.05) is 18.9 Å². The third-order valence-corrected chi connectivity index (χ3v) is 6.26. The fraction of sp³-hybridized carbons (Fsp3) is 0.333. The van der Waals surface area contributed by atoms with E-state index in [1.165, 1.54) is 11.9 Å². The second-order valence-corrected chi connectivity index (χ2v) is 8.20. The van der Waals surface area contributed by atoms with Gasteiger partial charge in [0.1, 0.15) is 11.3 Å². The fourth-order valence-electron chi connectivity index (χ4n) is 4.43. The lowest BCUT2D eigenvalue weighted by Gasteiger charge is -2.32. The number of methoxy groups -OCH3 is 1. The molecule has 4 heterocycles. The van der Waals surface area contributed by atoms with Crippen molar-refractivity contribution < 1.29 is 4.74 Å². The number of nitrogens with one attached hydrogen (secondary N) is 1. The van der Waals surface area contributed by atoms with Crippen LogP contribution in [-0.2, 0) is 6.42 Å². The highest BCUT2D eigenvalue weighted by atomic mass is 16.5. The number of hydrogen-bond donors (Lipinski definition) is 1. The summed E-state index contributed by atoms with van der Waals surface area (Å²) in [5.41, 5.74) is 2.89. The lowest BCUT2D eigenvalue weighted by molar-refractivity contribution is 0.214. The molecule has 0 saturated carbocycles. The highest BCUT2D eigenvalue weighted by Crippen LogP contribution is 2.30. The molecule has 0 atom stereocenters. The number of H-pyrrole nitrogens is 1. The lowest BCUT2D eigenvalue weighted by Crippen LogP contribution is -2.34. The maximum absolute atomic E-state index is 12.0. The number of benzene rings is 1. The summed E-state index contributed by atoms with van der Waals surface area (Å²) in [5, 5.41) is 4.98. The van der Waals surface area contributed by atoms with Gasteiger partial charge in [0.05, 0.1) is 25.0 Å². The van der Waals surface area contributed by atoms with Gasteiger partial charge in [-0.3, -0.25) is 4.79 Å². The van der Waals surface area contributed by atoms with E-state index in [4.69, 9.17) is 4.74 Å². The molecule has 5 rings (SSSR count). The van der Waals surface area contributed by atoms with Crippen molar-refractivity contribution in [2.24, 2.45) is 0 Å². The van der Waals surface area contributed by atoms with E-state index >= 15 is 0 Å². The number of aromatic amines is 1. The number of hydrogen-bond acceptors (Lipinski definition) is 6. The number of nitrogens with zero attached hydrogens (tertiary/aromatic N) is 5. The maximum Gasteiger partial charge on any atom is 0.258 e. The Morgan fingerprint density at radius 1 is 1.19 bits per heavy atom. The standard InChI is InChI=1S/C24H26N6O2/c1-32-20-4-2-3-19(13-20)18-7-11-29(12-8-18)10-6-17-14-28-30(15-17)23-22-21(5-9-25-23)24(31)27-16-26-22/h2-5,9,13-16,18H,6-8,10-12H2,1H3,(H,26,27,31). The molecule has 0 unspecified atom stereocenters. The monoisotopic (exact) mass is 430 g/mol. The van der Waals surface area contributed by atoms with E-state index in [0.717, 1.165) is 50.2 Å². The fourth-order valence-corrected chi connectivity index (χ4v) is 4.43. The molecule has 1 aliphatic rings. The zero-order valence-corrected chi connectivity index (χ0v) is 18.1. The normalized spacial score (nSPS) is 15.3. The van der Waals surface area contributed by atoms with Gasteiger partial charge in [-0.1, -0.05) is 12.1 Å². The van der Waals surface area contributed by atoms with Crippen molar-refractivity contribution in [3.63, 3.8) is 0 Å². The van der Waals surface area contributed by atoms with Gasteiger partial charge < -0.3 is 14.6 Å². The highest BCUT2D eigenvalue weighted by molar-refractivity contribution is 5.83. The van der Waals surface area contributed by atoms with Crippen LogP contribution in [0.4, 0.5) is 0 Å². The molecule has 1 aliphatic heterocycles. The Labute approximate surface area is 185 Å². The molecule has 4 aromatic rings. The SMILES string of the molecule is COc1cccc(C2CCN(CCc3cnn(-c4nccc5c(=O)[nH]cnc45)c3)CC2)c1. The second kappa shape index (κ2) is 8.92. The van der Waals surface area contributed by atoms with Crippen LogP contribution in [0.5, 0.6) is 5.75 Å². The molecule has 164 valence electrons. The quantitative estimate of drug-likeness (QED) is 0.506. The molecule has 1 saturated heterocycles. The van der Waals surface area contributed by atoms with Crippen LogP contribution in [0.2, 0.25) is 0 Å². The van der Waals surface area contributed by atoms with E-state index in [2.05, 4.69) is 43.1 Å². The maximum atomic E-state index is 12.0. The first-order chi connectivity index (χ1) is 15.7. The molecule has 1 N–H and O–H groups in total. The van der Waals surface area contributed by atoms with Crippen LogP contribution in [-0.4, -0.2) is 56.4 Å². The summed E-state index contributed by atoms with van der Waals surface area (Å²) in [7, 11) is 1.72. The predicted molar refractivity (Wildman–Crippen MR) is 122 cm³/mol. The zero-order valence-electron chi connectivity index (χ0n) is 18.1. The third-order valence-electron chi connectivity index (χ3n) is 6.26. The molecule has 3 aromatic heterocycles. The van der Waals surface area contributed by atoms with Gasteiger partial charge >= 0.3 is 0 Å². The Morgan fingerprint density at radius 3 is 2.91 bits per heavy atom. The van der Waals surface area contributed by atoms with Gasteiger partial charge in [-0.2, -0.15) is 5.10 Å². The van der Waals surface area contributed by atoms with Crippen LogP contribution in [0.15, 0.2) is 60.0 Å². The number of ether oxygens (including phenoxy) is 1. The summed E-state index contributed by atoms with van der Waals surface area (Å²) in [6, 6.07) is 10.1. The van der Waals surface area contributed by atoms with Crippen LogP contribution in [0.1, 0.15) is 29.9 Å². The van der Waals surface area contributed by atoms with Gasteiger partial charge in [0.2, 0.25) is 0 Å². The molecular weight excluding hydrogens is 404 g/mol. The number of aromatic nitrogens is 5. The Hall–Kier alpha value is -3.52. The Balaban J connectivity index is 1.21. The Morgan fingerprint density at radius 2 is 2.06 bits per heavy atom. The Kier molecular flexibility index (Phi) is 5.68. The van der Waals surface area contributed by atoms with Gasteiger partial charge in [-0.05, 0) is 67.6 Å². The first-order valence-electron chi connectivity index (χ1n) is 10.9. The van der Waals surface area contributed by atoms with Crippen molar-refractivity contribution in [1.29, 1.82) is 0 Å². The smallest absolute Gasteiger partial charge is 0.258 e. The van der Waals surface area contributed by atoms with Crippen molar-refractivity contribution in [3.05, 3.63) is 76.7 Å². The molecule has 1 aromatic carbocycles. The topological polar surface area (TPSA) is 88.9 Å². The number of fused-ring (bicyclic) bond motifs is 1. The number of pyridine rings is 1. The molecule has 1 fully saturated rings. The minimum absolute atomic E-state index is 0.177. The average molecular weight is 431 g/mol. The van der Waals surface area contributed by atoms with E-state index < -0.39 is 0 Å². The molecule has 0 aliphatic carbocycles. The van der Waals surface area contributed by atoms with E-state index in [1.54, 1.807) is 24.1 Å². The van der Waals surface area contributed by atoms with Crippen LogP contribution in [0.3, 0.4) is 0 Å². The largest absolute Gasteiger partial charge is 0.497 e. The van der Waals surface area contributed by atoms with E-state index in [-0.39, 0.29) is 5.56 Å². The number of piperidine rings is 1. The van der Waals surface area contributed by atoms with Gasteiger partial charge in [-0.15, -0.1) is 0 Å². The van der Waals surface area contributed by atoms with Gasteiger partial charge in [-0.25, -0.2) is 14.6 Å². The molecular formula is C24H26N6O2. The van der Waals surface area contributed by atoms with Gasteiger partial charge in [0.25, 0.3) is 5.56 Å². The number of rotatable bonds is 6. The summed E-state index contributed by atoms with van der Waals surface area (Å²) in [6.07, 6.45) is 10.1.